The number of esters is 1. The van der Waals surface area contributed by atoms with Crippen LogP contribution in [0.4, 0.5) is 0 Å². The third-order valence-corrected chi connectivity index (χ3v) is 3.97. The lowest BCUT2D eigenvalue weighted by Gasteiger charge is -2.09. The molecule has 2 aromatic carbocycles. The smallest absolute Gasteiger partial charge is 0.349 e. The van der Waals surface area contributed by atoms with Crippen LogP contribution in [0.2, 0.25) is 5.02 Å². The van der Waals surface area contributed by atoms with Gasteiger partial charge in [0.05, 0.1) is 0 Å². The molecular weight excluding hydrogens is 356 g/mol. The van der Waals surface area contributed by atoms with E-state index in [9.17, 15) is 4.79 Å². The van der Waals surface area contributed by atoms with Crippen molar-refractivity contribution >= 4 is 33.5 Å². The first-order chi connectivity index (χ1) is 9.95. The van der Waals surface area contributed by atoms with Gasteiger partial charge in [0.1, 0.15) is 11.5 Å². The minimum Gasteiger partial charge on any atom is -0.482 e. The number of hydrogen-bond donors (Lipinski definition) is 0. The Morgan fingerprint density at radius 3 is 2.57 bits per heavy atom. The fraction of sp³-hybridized carbons (Fsp3) is 0.188. The second kappa shape index (κ2) is 6.96. The number of carbonyl (C=O) groups is 1. The van der Waals surface area contributed by atoms with Crippen LogP contribution in [0, 0.1) is 13.8 Å². The summed E-state index contributed by atoms with van der Waals surface area (Å²) in [6, 6.07) is 10.6. The number of benzene rings is 2. The van der Waals surface area contributed by atoms with Crippen LogP contribution in [-0.4, -0.2) is 12.6 Å². The van der Waals surface area contributed by atoms with Crippen molar-refractivity contribution in [1.82, 2.24) is 0 Å². The van der Waals surface area contributed by atoms with Crippen LogP contribution in [0.25, 0.3) is 0 Å². The lowest BCUT2D eigenvalue weighted by Crippen LogP contribution is -2.18. The summed E-state index contributed by atoms with van der Waals surface area (Å²) in [6.45, 7) is 3.64. The number of rotatable bonds is 4. The van der Waals surface area contributed by atoms with E-state index in [4.69, 9.17) is 21.1 Å². The molecule has 0 spiro atoms. The Morgan fingerprint density at radius 1 is 1.14 bits per heavy atom. The predicted molar refractivity (Wildman–Crippen MR) is 86.2 cm³/mol. The van der Waals surface area contributed by atoms with Gasteiger partial charge < -0.3 is 9.47 Å². The fourth-order valence-electron chi connectivity index (χ4n) is 1.75. The van der Waals surface area contributed by atoms with E-state index < -0.39 is 5.97 Å². The van der Waals surface area contributed by atoms with E-state index in [2.05, 4.69) is 15.9 Å². The van der Waals surface area contributed by atoms with Gasteiger partial charge in [0.15, 0.2) is 6.61 Å². The molecule has 0 saturated carbocycles. The van der Waals surface area contributed by atoms with E-state index in [0.717, 1.165) is 15.6 Å². The summed E-state index contributed by atoms with van der Waals surface area (Å²) >= 11 is 9.26. The Morgan fingerprint density at radius 2 is 1.90 bits per heavy atom. The third kappa shape index (κ3) is 4.48. The number of aryl methyl sites for hydroxylation is 2. The Hall–Kier alpha value is -1.52. The maximum atomic E-state index is 11.8. The predicted octanol–water partition coefficient (Wildman–Crippen LogP) is 4.70. The van der Waals surface area contributed by atoms with E-state index in [1.165, 1.54) is 0 Å². The Kier molecular flexibility index (Phi) is 5.26. The van der Waals surface area contributed by atoms with Gasteiger partial charge in [-0.05, 0) is 61.4 Å². The van der Waals surface area contributed by atoms with Crippen molar-refractivity contribution in [1.29, 1.82) is 0 Å². The first-order valence-electron chi connectivity index (χ1n) is 6.31. The Bertz CT molecular complexity index is 671. The van der Waals surface area contributed by atoms with Gasteiger partial charge in [-0.3, -0.25) is 0 Å². The molecule has 0 unspecified atom stereocenters. The van der Waals surface area contributed by atoms with Crippen LogP contribution in [0.1, 0.15) is 11.1 Å². The van der Waals surface area contributed by atoms with Crippen LogP contribution in [0.5, 0.6) is 11.5 Å². The lowest BCUT2D eigenvalue weighted by atomic mass is 10.2. The second-order valence-corrected chi connectivity index (χ2v) is 5.87. The molecule has 5 heteroatoms. The number of hydrogen-bond acceptors (Lipinski definition) is 3. The molecule has 0 radical (unpaired) electrons. The molecule has 0 fully saturated rings. The molecule has 0 heterocycles. The summed E-state index contributed by atoms with van der Waals surface area (Å²) in [4.78, 5) is 11.8. The highest BCUT2D eigenvalue weighted by atomic mass is 79.9. The molecule has 21 heavy (non-hydrogen) atoms. The number of carbonyl (C=O) groups excluding carboxylic acids is 1. The average Bonchev–Trinajstić information content (AvgIpc) is 2.42. The highest BCUT2D eigenvalue weighted by Crippen LogP contribution is 2.23. The zero-order valence-corrected chi connectivity index (χ0v) is 14.0. The van der Waals surface area contributed by atoms with E-state index in [0.29, 0.717) is 16.5 Å². The van der Waals surface area contributed by atoms with Crippen LogP contribution < -0.4 is 9.47 Å². The van der Waals surface area contributed by atoms with Crippen LogP contribution >= 0.6 is 27.5 Å². The summed E-state index contributed by atoms with van der Waals surface area (Å²) < 4.78 is 11.6. The monoisotopic (exact) mass is 368 g/mol. The molecule has 110 valence electrons. The molecule has 0 aromatic heterocycles. The third-order valence-electron chi connectivity index (χ3n) is 2.84. The van der Waals surface area contributed by atoms with Crippen molar-refractivity contribution in [3.05, 3.63) is 57.0 Å². The molecule has 0 atom stereocenters. The topological polar surface area (TPSA) is 35.5 Å². The van der Waals surface area contributed by atoms with Crippen molar-refractivity contribution in [2.75, 3.05) is 6.61 Å². The van der Waals surface area contributed by atoms with Crippen LogP contribution in [-0.2, 0) is 4.79 Å². The van der Waals surface area contributed by atoms with Crippen LogP contribution in [0.3, 0.4) is 0 Å². The number of ether oxygens (including phenoxy) is 2. The highest BCUT2D eigenvalue weighted by Gasteiger charge is 2.08. The standard InChI is InChI=1S/C16H14BrClO3/c1-10-8-13(4-5-14(10)17)21-16(19)9-20-15-6-3-12(18)7-11(15)2/h3-8H,9H2,1-2H3. The normalized spacial score (nSPS) is 10.3. The summed E-state index contributed by atoms with van der Waals surface area (Å²) in [5.41, 5.74) is 1.87. The van der Waals surface area contributed by atoms with E-state index in [1.807, 2.05) is 19.9 Å². The molecule has 0 aliphatic heterocycles. The maximum absolute atomic E-state index is 11.8. The molecule has 2 rings (SSSR count). The summed E-state index contributed by atoms with van der Waals surface area (Å²) in [6.07, 6.45) is 0. The minimum atomic E-state index is -0.453. The van der Waals surface area contributed by atoms with Crippen molar-refractivity contribution in [3.63, 3.8) is 0 Å². The molecule has 0 aliphatic rings. The molecular formula is C16H14BrClO3. The zero-order valence-electron chi connectivity index (χ0n) is 11.7. The lowest BCUT2D eigenvalue weighted by molar-refractivity contribution is -0.136. The van der Waals surface area contributed by atoms with E-state index in [-0.39, 0.29) is 6.61 Å². The van der Waals surface area contributed by atoms with Gasteiger partial charge in [0.2, 0.25) is 0 Å². The summed E-state index contributed by atoms with van der Waals surface area (Å²) in [5, 5.41) is 0.632. The van der Waals surface area contributed by atoms with E-state index in [1.54, 1.807) is 30.3 Å². The first-order valence-corrected chi connectivity index (χ1v) is 7.48. The minimum absolute atomic E-state index is 0.155. The maximum Gasteiger partial charge on any atom is 0.349 e. The van der Waals surface area contributed by atoms with Crippen molar-refractivity contribution in [2.24, 2.45) is 0 Å². The highest BCUT2D eigenvalue weighted by molar-refractivity contribution is 9.10. The molecule has 0 amide bonds. The molecule has 0 aliphatic carbocycles. The first kappa shape index (κ1) is 15.9. The van der Waals surface area contributed by atoms with Crippen molar-refractivity contribution < 1.29 is 14.3 Å². The van der Waals surface area contributed by atoms with Gasteiger partial charge in [0.25, 0.3) is 0 Å². The molecule has 0 N–H and O–H groups in total. The summed E-state index contributed by atoms with van der Waals surface area (Å²) in [7, 11) is 0. The van der Waals surface area contributed by atoms with E-state index >= 15 is 0 Å². The van der Waals surface area contributed by atoms with Gasteiger partial charge in [-0.15, -0.1) is 0 Å². The fourth-order valence-corrected chi connectivity index (χ4v) is 2.23. The Labute approximate surface area is 137 Å². The van der Waals surface area contributed by atoms with Gasteiger partial charge >= 0.3 is 5.97 Å². The van der Waals surface area contributed by atoms with Crippen molar-refractivity contribution in [2.45, 2.75) is 13.8 Å². The Balaban J connectivity index is 1.94. The zero-order chi connectivity index (χ0) is 15.4. The summed E-state index contributed by atoms with van der Waals surface area (Å²) in [5.74, 6) is 0.659. The van der Waals surface area contributed by atoms with Gasteiger partial charge in [-0.1, -0.05) is 27.5 Å². The van der Waals surface area contributed by atoms with Crippen LogP contribution in [0.15, 0.2) is 40.9 Å². The molecule has 0 bridgehead atoms. The second-order valence-electron chi connectivity index (χ2n) is 4.58. The average molecular weight is 370 g/mol. The molecule has 3 nitrogen and oxygen atoms in total. The van der Waals surface area contributed by atoms with Gasteiger partial charge in [-0.25, -0.2) is 4.79 Å². The molecule has 2 aromatic rings. The SMILES string of the molecule is Cc1cc(OC(=O)COc2ccc(Cl)cc2C)ccc1Br. The quantitative estimate of drug-likeness (QED) is 0.578. The van der Waals surface area contributed by atoms with Crippen molar-refractivity contribution in [3.8, 4) is 11.5 Å². The van der Waals surface area contributed by atoms with Gasteiger partial charge in [0, 0.05) is 9.50 Å². The largest absolute Gasteiger partial charge is 0.482 e. The van der Waals surface area contributed by atoms with Gasteiger partial charge in [-0.2, -0.15) is 0 Å². The molecule has 0 saturated heterocycles. The number of halogens is 2.